The fraction of sp³-hybridized carbons (Fsp3) is 0.381. The summed E-state index contributed by atoms with van der Waals surface area (Å²) in [6.07, 6.45) is 0.654. The quantitative estimate of drug-likeness (QED) is 0.745. The Balaban J connectivity index is 1.92. The normalized spacial score (nSPS) is 16.7. The van der Waals surface area contributed by atoms with Gasteiger partial charge in [0.05, 0.1) is 20.8 Å². The molecule has 0 fully saturated rings. The van der Waals surface area contributed by atoms with Gasteiger partial charge in [-0.05, 0) is 42.7 Å². The number of methoxy groups -OCH3 is 2. The van der Waals surface area contributed by atoms with E-state index in [9.17, 15) is 4.79 Å². The zero-order valence-electron chi connectivity index (χ0n) is 15.5. The zero-order chi connectivity index (χ0) is 18.5. The number of carbonyl (C=O) groups is 1. The number of hydrogen-bond donors (Lipinski definition) is 0. The first-order chi connectivity index (χ1) is 12.7. The number of nitrogens with zero attached hydrogens (tertiary/aromatic N) is 1. The van der Waals surface area contributed by atoms with Crippen molar-refractivity contribution >= 4 is 5.97 Å². The van der Waals surface area contributed by atoms with Crippen molar-refractivity contribution in [3.63, 3.8) is 0 Å². The molecule has 0 aromatic heterocycles. The fourth-order valence-corrected chi connectivity index (χ4v) is 3.44. The van der Waals surface area contributed by atoms with Crippen LogP contribution in [0.5, 0.6) is 11.5 Å². The highest BCUT2D eigenvalue weighted by Crippen LogP contribution is 2.30. The first kappa shape index (κ1) is 18.3. The highest BCUT2D eigenvalue weighted by molar-refractivity contribution is 5.76. The van der Waals surface area contributed by atoms with Gasteiger partial charge in [0.2, 0.25) is 0 Å². The van der Waals surface area contributed by atoms with Crippen molar-refractivity contribution in [1.29, 1.82) is 0 Å². The number of carbonyl (C=O) groups excluding carboxylic acids is 1. The average molecular weight is 355 g/mol. The van der Waals surface area contributed by atoms with Crippen molar-refractivity contribution in [2.45, 2.75) is 32.5 Å². The van der Waals surface area contributed by atoms with Crippen molar-refractivity contribution in [3.05, 3.63) is 59.2 Å². The van der Waals surface area contributed by atoms with E-state index in [1.54, 1.807) is 14.2 Å². The van der Waals surface area contributed by atoms with Gasteiger partial charge in [-0.25, -0.2) is 0 Å². The minimum atomic E-state index is -0.305. The molecule has 0 N–H and O–H groups in total. The Morgan fingerprint density at radius 1 is 1.12 bits per heavy atom. The molecule has 0 saturated carbocycles. The predicted octanol–water partition coefficient (Wildman–Crippen LogP) is 3.19. The van der Waals surface area contributed by atoms with E-state index in [2.05, 4.69) is 17.0 Å². The number of fused-ring (bicyclic) bond motifs is 1. The smallest absolute Gasteiger partial charge is 0.323 e. The Bertz CT molecular complexity index is 774. The van der Waals surface area contributed by atoms with Crippen molar-refractivity contribution in [2.75, 3.05) is 20.8 Å². The van der Waals surface area contributed by atoms with Gasteiger partial charge in [-0.3, -0.25) is 9.69 Å². The van der Waals surface area contributed by atoms with Gasteiger partial charge in [0.15, 0.2) is 0 Å². The molecule has 0 amide bonds. The summed E-state index contributed by atoms with van der Waals surface area (Å²) in [5, 5.41) is 0. The summed E-state index contributed by atoms with van der Waals surface area (Å²) in [5.74, 6) is 1.38. The van der Waals surface area contributed by atoms with Gasteiger partial charge < -0.3 is 14.2 Å². The van der Waals surface area contributed by atoms with E-state index >= 15 is 0 Å². The molecule has 1 aliphatic rings. The molecule has 2 aromatic carbocycles. The van der Waals surface area contributed by atoms with Crippen molar-refractivity contribution < 1.29 is 19.0 Å². The lowest BCUT2D eigenvalue weighted by Gasteiger charge is -2.35. The maximum atomic E-state index is 12.6. The standard InChI is InChI=1S/C21H25NO4/c1-4-26-21(23)19-12-15-7-5-6-8-16(15)13-22(19)14-17-11-18(24-2)9-10-20(17)25-3/h5-11,19H,4,12-14H2,1-3H3. The monoisotopic (exact) mass is 355 g/mol. The van der Waals surface area contributed by atoms with E-state index in [1.807, 2.05) is 37.3 Å². The highest BCUT2D eigenvalue weighted by atomic mass is 16.5. The summed E-state index contributed by atoms with van der Waals surface area (Å²) in [6.45, 7) is 3.50. The third-order valence-electron chi connectivity index (χ3n) is 4.77. The van der Waals surface area contributed by atoms with Crippen LogP contribution >= 0.6 is 0 Å². The lowest BCUT2D eigenvalue weighted by molar-refractivity contribution is -0.150. The second-order valence-electron chi connectivity index (χ2n) is 6.32. The molecule has 0 saturated heterocycles. The number of ether oxygens (including phenoxy) is 3. The fourth-order valence-electron chi connectivity index (χ4n) is 3.44. The van der Waals surface area contributed by atoms with Crippen LogP contribution in [0.25, 0.3) is 0 Å². The van der Waals surface area contributed by atoms with E-state index in [0.717, 1.165) is 17.1 Å². The predicted molar refractivity (Wildman–Crippen MR) is 99.4 cm³/mol. The highest BCUT2D eigenvalue weighted by Gasteiger charge is 2.33. The van der Waals surface area contributed by atoms with Gasteiger partial charge in [0.1, 0.15) is 17.5 Å². The minimum Gasteiger partial charge on any atom is -0.497 e. The van der Waals surface area contributed by atoms with Gasteiger partial charge in [-0.2, -0.15) is 0 Å². The number of benzene rings is 2. The Kier molecular flexibility index (Phi) is 5.78. The molecule has 1 atom stereocenters. The van der Waals surface area contributed by atoms with E-state index in [-0.39, 0.29) is 12.0 Å². The zero-order valence-corrected chi connectivity index (χ0v) is 15.5. The third kappa shape index (κ3) is 3.83. The summed E-state index contributed by atoms with van der Waals surface area (Å²) in [7, 11) is 3.30. The minimum absolute atomic E-state index is 0.177. The first-order valence-electron chi connectivity index (χ1n) is 8.84. The molecular weight excluding hydrogens is 330 g/mol. The molecule has 0 bridgehead atoms. The second kappa shape index (κ2) is 8.23. The van der Waals surface area contributed by atoms with Gasteiger partial charge in [0, 0.05) is 18.7 Å². The van der Waals surface area contributed by atoms with Crippen LogP contribution in [0.2, 0.25) is 0 Å². The summed E-state index contributed by atoms with van der Waals surface area (Å²) in [6, 6.07) is 13.7. The van der Waals surface area contributed by atoms with Crippen LogP contribution in [0.4, 0.5) is 0 Å². The largest absolute Gasteiger partial charge is 0.497 e. The molecule has 1 aliphatic heterocycles. The summed E-state index contributed by atoms with van der Waals surface area (Å²) in [4.78, 5) is 14.7. The summed E-state index contributed by atoms with van der Waals surface area (Å²) >= 11 is 0. The molecule has 5 nitrogen and oxygen atoms in total. The molecule has 0 spiro atoms. The molecule has 1 unspecified atom stereocenters. The molecule has 1 heterocycles. The van der Waals surface area contributed by atoms with Gasteiger partial charge in [-0.15, -0.1) is 0 Å². The molecule has 2 aromatic rings. The van der Waals surface area contributed by atoms with Gasteiger partial charge in [0.25, 0.3) is 0 Å². The molecule has 5 heteroatoms. The summed E-state index contributed by atoms with van der Waals surface area (Å²) in [5.41, 5.74) is 3.44. The van der Waals surface area contributed by atoms with Crippen LogP contribution in [0.15, 0.2) is 42.5 Å². The average Bonchev–Trinajstić information content (AvgIpc) is 2.67. The Morgan fingerprint density at radius 2 is 1.88 bits per heavy atom. The van der Waals surface area contributed by atoms with E-state index in [1.165, 1.54) is 11.1 Å². The lowest BCUT2D eigenvalue weighted by Crippen LogP contribution is -2.45. The maximum Gasteiger partial charge on any atom is 0.323 e. The van der Waals surface area contributed by atoms with Crippen LogP contribution < -0.4 is 9.47 Å². The van der Waals surface area contributed by atoms with Crippen LogP contribution in [-0.4, -0.2) is 37.7 Å². The molecular formula is C21H25NO4. The van der Waals surface area contributed by atoms with E-state index < -0.39 is 0 Å². The van der Waals surface area contributed by atoms with E-state index in [4.69, 9.17) is 14.2 Å². The SMILES string of the molecule is CCOC(=O)C1Cc2ccccc2CN1Cc1cc(OC)ccc1OC. The molecule has 138 valence electrons. The number of esters is 1. The Morgan fingerprint density at radius 3 is 2.58 bits per heavy atom. The van der Waals surface area contributed by atoms with Gasteiger partial charge >= 0.3 is 5.97 Å². The molecule has 0 radical (unpaired) electrons. The topological polar surface area (TPSA) is 48.0 Å². The summed E-state index contributed by atoms with van der Waals surface area (Å²) < 4.78 is 16.2. The lowest BCUT2D eigenvalue weighted by atomic mass is 9.93. The van der Waals surface area contributed by atoms with Crippen molar-refractivity contribution in [1.82, 2.24) is 4.90 Å². The van der Waals surface area contributed by atoms with Crippen molar-refractivity contribution in [3.8, 4) is 11.5 Å². The third-order valence-corrected chi connectivity index (χ3v) is 4.77. The molecule has 0 aliphatic carbocycles. The van der Waals surface area contributed by atoms with Crippen molar-refractivity contribution in [2.24, 2.45) is 0 Å². The molecule has 26 heavy (non-hydrogen) atoms. The number of hydrogen-bond acceptors (Lipinski definition) is 5. The van der Waals surface area contributed by atoms with Gasteiger partial charge in [-0.1, -0.05) is 24.3 Å². The first-order valence-corrected chi connectivity index (χ1v) is 8.84. The Labute approximate surface area is 154 Å². The van der Waals surface area contributed by atoms with E-state index in [0.29, 0.717) is 26.1 Å². The van der Waals surface area contributed by atoms with Crippen LogP contribution in [0.3, 0.4) is 0 Å². The van der Waals surface area contributed by atoms with Crippen LogP contribution in [0.1, 0.15) is 23.6 Å². The van der Waals surface area contributed by atoms with Crippen LogP contribution in [-0.2, 0) is 29.0 Å². The second-order valence-corrected chi connectivity index (χ2v) is 6.32. The Hall–Kier alpha value is -2.53. The van der Waals surface area contributed by atoms with Crippen LogP contribution in [0, 0.1) is 0 Å². The molecule has 3 rings (SSSR count). The maximum absolute atomic E-state index is 12.6. The number of rotatable bonds is 6.